The highest BCUT2D eigenvalue weighted by atomic mass is 31.0. The summed E-state index contributed by atoms with van der Waals surface area (Å²) >= 11 is 0. The molecule has 35 heavy (non-hydrogen) atoms. The summed E-state index contributed by atoms with van der Waals surface area (Å²) in [6, 6.07) is 0.890. The SMILES string of the molecule is NC(=O)/C1=C(\O)C(P)C(=O)C2=C(O)c3c(O)c(NC(=O)CN4CCCC4)cc(F)c3CN2CC1=O. The van der Waals surface area contributed by atoms with Crippen molar-refractivity contribution in [3.05, 3.63) is 40.0 Å². The van der Waals surface area contributed by atoms with Gasteiger partial charge in [-0.1, -0.05) is 0 Å². The molecule has 1 aromatic rings. The molecule has 11 nitrogen and oxygen atoms in total. The van der Waals surface area contributed by atoms with Crippen LogP contribution < -0.4 is 11.1 Å². The molecule has 0 radical (unpaired) electrons. The molecular formula is C22H24FN4O7P. The second-order valence-corrected chi connectivity index (χ2v) is 9.25. The van der Waals surface area contributed by atoms with Gasteiger partial charge in [0.25, 0.3) is 5.91 Å². The van der Waals surface area contributed by atoms with Gasteiger partial charge in [-0.15, -0.1) is 9.24 Å². The number of fused-ring (bicyclic) bond motifs is 2. The zero-order valence-corrected chi connectivity index (χ0v) is 19.7. The van der Waals surface area contributed by atoms with E-state index in [2.05, 4.69) is 5.32 Å². The van der Waals surface area contributed by atoms with Gasteiger partial charge in [0.1, 0.15) is 22.8 Å². The summed E-state index contributed by atoms with van der Waals surface area (Å²) in [7, 11) is 1.96. The minimum atomic E-state index is -1.52. The van der Waals surface area contributed by atoms with Gasteiger partial charge in [-0.25, -0.2) is 4.39 Å². The van der Waals surface area contributed by atoms with E-state index in [9.17, 15) is 34.5 Å². The van der Waals surface area contributed by atoms with E-state index in [0.29, 0.717) is 0 Å². The third-order valence-electron chi connectivity index (χ3n) is 6.25. The van der Waals surface area contributed by atoms with Crippen LogP contribution in [0.4, 0.5) is 10.1 Å². The number of Topliss-reactive ketones (excluding diaryl/α,β-unsaturated/α-hetero) is 2. The monoisotopic (exact) mass is 506 g/mol. The molecule has 6 N–H and O–H groups in total. The summed E-state index contributed by atoms with van der Waals surface area (Å²) in [5.74, 6) is -6.83. The number of aromatic hydroxyl groups is 1. The number of allylic oxidation sites excluding steroid dienone is 2. The summed E-state index contributed by atoms with van der Waals surface area (Å²) in [6.45, 7) is 0.450. The van der Waals surface area contributed by atoms with Crippen molar-refractivity contribution in [2.75, 3.05) is 31.5 Å². The molecule has 0 bridgehead atoms. The Hall–Kier alpha value is -3.50. The van der Waals surface area contributed by atoms with E-state index in [4.69, 9.17) is 5.73 Å². The van der Waals surface area contributed by atoms with E-state index in [1.165, 1.54) is 0 Å². The molecule has 3 heterocycles. The number of aliphatic hydroxyl groups is 2. The molecule has 0 saturated carbocycles. The van der Waals surface area contributed by atoms with Crippen LogP contribution in [0.5, 0.6) is 5.75 Å². The number of amides is 2. The van der Waals surface area contributed by atoms with Gasteiger partial charge < -0.3 is 31.3 Å². The first-order valence-electron chi connectivity index (χ1n) is 10.8. The molecule has 3 aliphatic rings. The summed E-state index contributed by atoms with van der Waals surface area (Å²) in [5, 5.41) is 34.5. The number of ketones is 2. The van der Waals surface area contributed by atoms with Crippen molar-refractivity contribution in [3.8, 4) is 5.75 Å². The fraction of sp³-hybridized carbons (Fsp3) is 0.364. The van der Waals surface area contributed by atoms with Crippen LogP contribution in [0.3, 0.4) is 0 Å². The van der Waals surface area contributed by atoms with E-state index in [0.717, 1.165) is 36.9 Å². The summed E-state index contributed by atoms with van der Waals surface area (Å²) in [6.07, 6.45) is 1.92. The second-order valence-electron chi connectivity index (χ2n) is 8.58. The average molecular weight is 506 g/mol. The van der Waals surface area contributed by atoms with Crippen molar-refractivity contribution < 1.29 is 38.9 Å². The van der Waals surface area contributed by atoms with Crippen LogP contribution in [0, 0.1) is 5.82 Å². The number of carbonyl (C=O) groups is 4. The number of phenolic OH excluding ortho intramolecular Hbond substituents is 1. The zero-order chi connectivity index (χ0) is 25.6. The Balaban J connectivity index is 1.76. The van der Waals surface area contributed by atoms with E-state index in [1.807, 2.05) is 14.1 Å². The number of anilines is 1. The number of halogens is 1. The number of nitrogens with zero attached hydrogens (tertiary/aromatic N) is 2. The highest BCUT2D eigenvalue weighted by Gasteiger charge is 2.41. The quantitative estimate of drug-likeness (QED) is 0.219. The van der Waals surface area contributed by atoms with Crippen LogP contribution in [-0.4, -0.2) is 80.3 Å². The van der Waals surface area contributed by atoms with Gasteiger partial charge in [0.15, 0.2) is 23.1 Å². The summed E-state index contributed by atoms with van der Waals surface area (Å²) < 4.78 is 15.1. The number of nitrogens with two attached hydrogens (primary N) is 1. The lowest BCUT2D eigenvalue weighted by molar-refractivity contribution is -0.123. The lowest BCUT2D eigenvalue weighted by atomic mass is 9.91. The van der Waals surface area contributed by atoms with Crippen molar-refractivity contribution in [1.82, 2.24) is 9.80 Å². The van der Waals surface area contributed by atoms with Crippen LogP contribution in [0.2, 0.25) is 0 Å². The first-order chi connectivity index (χ1) is 16.5. The smallest absolute Gasteiger partial charge is 0.255 e. The Morgan fingerprint density at radius 2 is 1.83 bits per heavy atom. The Morgan fingerprint density at radius 3 is 2.46 bits per heavy atom. The maximum Gasteiger partial charge on any atom is 0.255 e. The number of rotatable bonds is 4. The molecule has 1 aromatic carbocycles. The maximum atomic E-state index is 15.1. The number of likely N-dealkylation sites (tertiary alicyclic amines) is 1. The predicted molar refractivity (Wildman–Crippen MR) is 125 cm³/mol. The summed E-state index contributed by atoms with van der Waals surface area (Å²) in [5.41, 5.74) is 1.52. The van der Waals surface area contributed by atoms with Crippen molar-refractivity contribution >= 4 is 44.1 Å². The first kappa shape index (κ1) is 24.6. The molecule has 2 atom stereocenters. The van der Waals surface area contributed by atoms with Gasteiger partial charge in [-0.05, 0) is 25.9 Å². The van der Waals surface area contributed by atoms with Crippen LogP contribution in [-0.2, 0) is 25.7 Å². The minimum absolute atomic E-state index is 0.0438. The molecule has 13 heteroatoms. The van der Waals surface area contributed by atoms with Gasteiger partial charge >= 0.3 is 0 Å². The van der Waals surface area contributed by atoms with E-state index < -0.39 is 82.0 Å². The topological polar surface area (TPSA) is 174 Å². The number of benzene rings is 1. The van der Waals surface area contributed by atoms with Crippen LogP contribution >= 0.6 is 9.24 Å². The first-order valence-corrected chi connectivity index (χ1v) is 11.5. The van der Waals surface area contributed by atoms with Crippen molar-refractivity contribution in [1.29, 1.82) is 0 Å². The second kappa shape index (κ2) is 9.27. The maximum absolute atomic E-state index is 15.1. The van der Waals surface area contributed by atoms with Crippen LogP contribution in [0.1, 0.15) is 24.0 Å². The van der Waals surface area contributed by atoms with Crippen LogP contribution in [0.15, 0.2) is 23.1 Å². The van der Waals surface area contributed by atoms with Gasteiger partial charge in [-0.3, -0.25) is 24.1 Å². The van der Waals surface area contributed by atoms with E-state index in [1.54, 1.807) is 0 Å². The zero-order valence-electron chi connectivity index (χ0n) is 18.5. The highest BCUT2D eigenvalue weighted by Crippen LogP contribution is 2.43. The molecule has 0 spiro atoms. The number of aliphatic hydroxyl groups excluding tert-OH is 2. The van der Waals surface area contributed by atoms with Gasteiger partial charge in [-0.2, -0.15) is 0 Å². The molecule has 0 aliphatic carbocycles. The highest BCUT2D eigenvalue weighted by molar-refractivity contribution is 7.20. The number of hydrogen-bond donors (Lipinski definition) is 5. The van der Waals surface area contributed by atoms with Gasteiger partial charge in [0.2, 0.25) is 5.91 Å². The molecular weight excluding hydrogens is 482 g/mol. The molecule has 1 saturated heterocycles. The van der Waals surface area contributed by atoms with Crippen molar-refractivity contribution in [2.24, 2.45) is 5.73 Å². The minimum Gasteiger partial charge on any atom is -0.510 e. The normalized spacial score (nSPS) is 23.0. The molecule has 4 rings (SSSR count). The molecule has 1 fully saturated rings. The Labute approximate surface area is 201 Å². The molecule has 2 amide bonds. The number of primary amides is 1. The molecule has 186 valence electrons. The van der Waals surface area contributed by atoms with Gasteiger partial charge in [0.05, 0.1) is 30.0 Å². The van der Waals surface area contributed by atoms with E-state index in [-0.39, 0.29) is 17.8 Å². The Morgan fingerprint density at radius 1 is 1.17 bits per heavy atom. The Bertz CT molecular complexity index is 1220. The number of nitrogens with one attached hydrogen (secondary N) is 1. The lowest BCUT2D eigenvalue weighted by Crippen LogP contribution is -2.43. The van der Waals surface area contributed by atoms with Crippen LogP contribution in [0.25, 0.3) is 5.76 Å². The van der Waals surface area contributed by atoms with Crippen molar-refractivity contribution in [3.63, 3.8) is 0 Å². The molecule has 2 unspecified atom stereocenters. The predicted octanol–water partition coefficient (Wildman–Crippen LogP) is 0.301. The lowest BCUT2D eigenvalue weighted by Gasteiger charge is -2.35. The van der Waals surface area contributed by atoms with Gasteiger partial charge in [0, 0.05) is 18.2 Å². The fourth-order valence-electron chi connectivity index (χ4n) is 4.55. The third-order valence-corrected chi connectivity index (χ3v) is 6.86. The molecule has 0 aromatic heterocycles. The van der Waals surface area contributed by atoms with E-state index >= 15 is 4.39 Å². The molecule has 3 aliphatic heterocycles. The third kappa shape index (κ3) is 4.35. The number of carbonyl (C=O) groups excluding carboxylic acids is 4. The summed E-state index contributed by atoms with van der Waals surface area (Å²) in [4.78, 5) is 52.8. The standard InChI is InChI=1S/C22H24FN4O7P/c23-10-5-11(25-13(29)8-26-3-1-2-4-26)17(30)14-9(10)6-27-7-12(28)15(22(24)34)19(32)21(35)20(33)16(27)18(14)31/h5,21,30-32H,1-4,6-8,35H2,(H2,24,34)(H,25,29)/b19-15-. The fourth-order valence-corrected chi connectivity index (χ4v) is 4.87. The number of phenols is 1. The van der Waals surface area contributed by atoms with Crippen molar-refractivity contribution in [2.45, 2.75) is 25.0 Å². The number of hydrogen-bond acceptors (Lipinski definition) is 9. The largest absolute Gasteiger partial charge is 0.510 e. The Kier molecular flexibility index (Phi) is 6.52. The average Bonchev–Trinajstić information content (AvgIpc) is 3.28.